The van der Waals surface area contributed by atoms with Gasteiger partial charge in [0, 0.05) is 28.5 Å². The average molecular weight is 451 g/mol. The van der Waals surface area contributed by atoms with Crippen molar-refractivity contribution in [3.05, 3.63) is 58.3 Å². The fourth-order valence-electron chi connectivity index (χ4n) is 6.84. The molecule has 3 aliphatic rings. The van der Waals surface area contributed by atoms with E-state index in [-0.39, 0.29) is 23.5 Å². The van der Waals surface area contributed by atoms with Gasteiger partial charge in [-0.3, -0.25) is 9.59 Å². The van der Waals surface area contributed by atoms with Gasteiger partial charge in [-0.25, -0.2) is 4.98 Å². The second-order valence-electron chi connectivity index (χ2n) is 9.87. The summed E-state index contributed by atoms with van der Waals surface area (Å²) in [4.78, 5) is 31.3. The first-order valence-corrected chi connectivity index (χ1v) is 12.4. The van der Waals surface area contributed by atoms with Crippen LogP contribution in [-0.2, 0) is 16.0 Å². The van der Waals surface area contributed by atoms with Crippen LogP contribution in [0, 0.1) is 30.1 Å². The number of aromatic nitrogens is 1. The van der Waals surface area contributed by atoms with Gasteiger partial charge in [-0.15, -0.1) is 11.3 Å². The standard InChI is InChI=1S/C26H30N2O3S/c1-15-13-27-25(32-15)28-22(30)10-9-20-21(14-29)24(31)26(2)12-11-18-17-6-4-3-5-16(17)7-8-19(18)23(20)26/h3-6,13-14,18-20,23,29H,7-12H2,1-2H3,(H,27,28,30)/b21-14-/t18?,19?,20-,23?,26+/m1/s1. The van der Waals surface area contributed by atoms with Gasteiger partial charge in [0.05, 0.1) is 6.26 Å². The molecule has 5 nitrogen and oxygen atoms in total. The number of hydrogen-bond donors (Lipinski definition) is 2. The van der Waals surface area contributed by atoms with Gasteiger partial charge in [0.2, 0.25) is 5.91 Å². The Bertz CT molecular complexity index is 1090. The summed E-state index contributed by atoms with van der Waals surface area (Å²) in [6.45, 7) is 4.05. The Labute approximate surface area is 193 Å². The fourth-order valence-corrected chi connectivity index (χ4v) is 7.52. The van der Waals surface area contributed by atoms with E-state index in [0.29, 0.717) is 35.4 Å². The maximum absolute atomic E-state index is 13.4. The maximum Gasteiger partial charge on any atom is 0.226 e. The van der Waals surface area contributed by atoms with Gasteiger partial charge in [-0.2, -0.15) is 0 Å². The van der Waals surface area contributed by atoms with Crippen LogP contribution in [0.1, 0.15) is 60.9 Å². The third kappa shape index (κ3) is 3.40. The molecule has 0 spiro atoms. The van der Waals surface area contributed by atoms with Crippen molar-refractivity contribution in [1.29, 1.82) is 0 Å². The molecule has 1 aromatic heterocycles. The van der Waals surface area contributed by atoms with Crippen LogP contribution >= 0.6 is 11.3 Å². The van der Waals surface area contributed by atoms with Crippen LogP contribution in [0.3, 0.4) is 0 Å². The third-order valence-corrected chi connectivity index (χ3v) is 9.02. The quantitative estimate of drug-likeness (QED) is 0.471. The smallest absolute Gasteiger partial charge is 0.226 e. The number of amides is 1. The van der Waals surface area contributed by atoms with E-state index in [9.17, 15) is 14.7 Å². The molecule has 3 aliphatic carbocycles. The summed E-state index contributed by atoms with van der Waals surface area (Å²) in [6, 6.07) is 8.73. The number of carbonyl (C=O) groups is 2. The first-order valence-electron chi connectivity index (χ1n) is 11.6. The van der Waals surface area contributed by atoms with Crippen molar-refractivity contribution >= 4 is 28.2 Å². The molecule has 2 N–H and O–H groups in total. The van der Waals surface area contributed by atoms with E-state index in [2.05, 4.69) is 41.5 Å². The van der Waals surface area contributed by atoms with Crippen LogP contribution in [0.5, 0.6) is 0 Å². The van der Waals surface area contributed by atoms with Crippen molar-refractivity contribution in [1.82, 2.24) is 4.98 Å². The summed E-state index contributed by atoms with van der Waals surface area (Å²) in [5.74, 6) is 0.940. The summed E-state index contributed by atoms with van der Waals surface area (Å²) in [5.41, 5.74) is 2.95. The van der Waals surface area contributed by atoms with Gasteiger partial charge in [0.15, 0.2) is 10.9 Å². The second-order valence-corrected chi connectivity index (χ2v) is 11.1. The van der Waals surface area contributed by atoms with Crippen LogP contribution in [-0.4, -0.2) is 21.8 Å². The Kier molecular flexibility index (Phi) is 5.44. The number of nitrogens with zero attached hydrogens (tertiary/aromatic N) is 1. The van der Waals surface area contributed by atoms with E-state index in [1.54, 1.807) is 6.20 Å². The summed E-state index contributed by atoms with van der Waals surface area (Å²) >= 11 is 1.46. The highest BCUT2D eigenvalue weighted by Crippen LogP contribution is 2.63. The molecule has 1 amide bonds. The zero-order valence-electron chi connectivity index (χ0n) is 18.6. The van der Waals surface area contributed by atoms with Crippen LogP contribution in [0.2, 0.25) is 0 Å². The number of hydrogen-bond acceptors (Lipinski definition) is 5. The number of benzene rings is 1. The fraction of sp³-hybridized carbons (Fsp3) is 0.500. The van der Waals surface area contributed by atoms with Crippen molar-refractivity contribution in [2.75, 3.05) is 5.32 Å². The maximum atomic E-state index is 13.4. The molecule has 0 aliphatic heterocycles. The lowest BCUT2D eigenvalue weighted by Crippen LogP contribution is -2.44. The van der Waals surface area contributed by atoms with E-state index in [4.69, 9.17) is 0 Å². The van der Waals surface area contributed by atoms with Gasteiger partial charge >= 0.3 is 0 Å². The Morgan fingerprint density at radius 2 is 2.16 bits per heavy atom. The number of anilines is 1. The predicted molar refractivity (Wildman–Crippen MR) is 126 cm³/mol. The van der Waals surface area contributed by atoms with Crippen LogP contribution in [0.4, 0.5) is 5.13 Å². The Morgan fingerprint density at radius 1 is 1.34 bits per heavy atom. The van der Waals surface area contributed by atoms with Crippen LogP contribution < -0.4 is 5.32 Å². The van der Waals surface area contributed by atoms with Crippen molar-refractivity contribution in [3.8, 4) is 0 Å². The summed E-state index contributed by atoms with van der Waals surface area (Å²) in [6.07, 6.45) is 7.61. The van der Waals surface area contributed by atoms with E-state index in [0.717, 1.165) is 36.8 Å². The second kappa shape index (κ2) is 8.14. The van der Waals surface area contributed by atoms with Crippen molar-refractivity contribution < 1.29 is 14.7 Å². The molecule has 0 saturated heterocycles. The summed E-state index contributed by atoms with van der Waals surface area (Å²) in [7, 11) is 0. The van der Waals surface area contributed by atoms with E-state index < -0.39 is 5.41 Å². The molecule has 2 aromatic rings. The van der Waals surface area contributed by atoms with Gasteiger partial charge < -0.3 is 10.4 Å². The molecule has 0 radical (unpaired) electrons. The number of thiazole rings is 1. The Morgan fingerprint density at radius 3 is 2.91 bits per heavy atom. The van der Waals surface area contributed by atoms with Gasteiger partial charge in [-0.1, -0.05) is 31.2 Å². The zero-order valence-corrected chi connectivity index (χ0v) is 19.5. The highest BCUT2D eigenvalue weighted by molar-refractivity contribution is 7.15. The number of nitrogens with one attached hydrogen (secondary N) is 1. The molecule has 0 bridgehead atoms. The number of carbonyl (C=O) groups excluding carboxylic acids is 2. The van der Waals surface area contributed by atoms with Crippen molar-refractivity contribution in [2.24, 2.45) is 23.2 Å². The number of Topliss-reactive ketones (excluding diaryl/α,β-unsaturated/α-hetero) is 1. The minimum Gasteiger partial charge on any atom is -0.515 e. The van der Waals surface area contributed by atoms with E-state index in [1.807, 2.05) is 6.92 Å². The number of allylic oxidation sites excluding steroid dienone is 1. The van der Waals surface area contributed by atoms with Gasteiger partial charge in [-0.05, 0) is 73.8 Å². The van der Waals surface area contributed by atoms with Crippen LogP contribution in [0.25, 0.3) is 0 Å². The molecule has 1 aromatic carbocycles. The molecule has 3 unspecified atom stereocenters. The lowest BCUT2D eigenvalue weighted by atomic mass is 9.54. The highest BCUT2D eigenvalue weighted by Gasteiger charge is 2.60. The molecule has 6 heteroatoms. The van der Waals surface area contributed by atoms with Crippen LogP contribution in [0.15, 0.2) is 42.3 Å². The highest BCUT2D eigenvalue weighted by atomic mass is 32.1. The number of rotatable bonds is 4. The number of aryl methyl sites for hydroxylation is 2. The molecule has 1 heterocycles. The van der Waals surface area contributed by atoms with E-state index in [1.165, 1.54) is 22.5 Å². The monoisotopic (exact) mass is 450 g/mol. The van der Waals surface area contributed by atoms with Crippen molar-refractivity contribution in [3.63, 3.8) is 0 Å². The Hall–Kier alpha value is -2.47. The summed E-state index contributed by atoms with van der Waals surface area (Å²) in [5, 5.41) is 13.5. The predicted octanol–water partition coefficient (Wildman–Crippen LogP) is 5.57. The summed E-state index contributed by atoms with van der Waals surface area (Å²) < 4.78 is 0. The van der Waals surface area contributed by atoms with Gasteiger partial charge in [0.25, 0.3) is 0 Å². The van der Waals surface area contributed by atoms with E-state index >= 15 is 0 Å². The molecule has 5 atom stereocenters. The molecule has 2 fully saturated rings. The van der Waals surface area contributed by atoms with Crippen molar-refractivity contribution in [2.45, 2.75) is 58.3 Å². The minimum absolute atomic E-state index is 0.0839. The largest absolute Gasteiger partial charge is 0.515 e. The SMILES string of the molecule is Cc1cnc(NC(=O)CC[C@@H]2/C(=C/O)C(=O)[C@@]3(C)CCC4c5ccccc5CCC4C23)s1. The molecular weight excluding hydrogens is 420 g/mol. The average Bonchev–Trinajstić information content (AvgIpc) is 3.29. The first kappa shape index (κ1) is 21.4. The molecule has 32 heavy (non-hydrogen) atoms. The third-order valence-electron chi connectivity index (χ3n) is 8.19. The topological polar surface area (TPSA) is 79.3 Å². The molecular formula is C26H30N2O3S. The van der Waals surface area contributed by atoms with Gasteiger partial charge in [0.1, 0.15) is 0 Å². The number of aliphatic hydroxyl groups excluding tert-OH is 1. The lowest BCUT2D eigenvalue weighted by Gasteiger charge is -2.49. The first-order chi connectivity index (χ1) is 15.4. The molecule has 2 saturated carbocycles. The minimum atomic E-state index is -0.449. The number of aliphatic hydroxyl groups is 1. The molecule has 168 valence electrons. The lowest BCUT2D eigenvalue weighted by molar-refractivity contribution is -0.127. The number of fused-ring (bicyclic) bond motifs is 5. The zero-order chi connectivity index (χ0) is 22.5. The molecule has 5 rings (SSSR count). The number of ketones is 1. The normalized spacial score (nSPS) is 32.3. The Balaban J connectivity index is 1.40.